The molecule has 0 aromatic carbocycles. The molecule has 0 saturated carbocycles. The average Bonchev–Trinajstić information content (AvgIpc) is 2.17. The van der Waals surface area contributed by atoms with Crippen molar-refractivity contribution >= 4 is 5.57 Å². The Morgan fingerprint density at radius 3 is 2.92 bits per heavy atom. The summed E-state index contributed by atoms with van der Waals surface area (Å²) < 4.78 is 0. The van der Waals surface area contributed by atoms with Gasteiger partial charge in [-0.15, -0.1) is 0 Å². The maximum Gasteiger partial charge on any atom is 0.0306 e. The van der Waals surface area contributed by atoms with Crippen LogP contribution in [-0.2, 0) is 6.42 Å². The van der Waals surface area contributed by atoms with Gasteiger partial charge in [0, 0.05) is 12.4 Å². The molecule has 13 heavy (non-hydrogen) atoms. The van der Waals surface area contributed by atoms with Gasteiger partial charge in [-0.3, -0.25) is 4.98 Å². The summed E-state index contributed by atoms with van der Waals surface area (Å²) in [5.41, 5.74) is 5.72. The summed E-state index contributed by atoms with van der Waals surface area (Å²) in [4.78, 5) is 4.24. The highest BCUT2D eigenvalue weighted by Crippen LogP contribution is 2.31. The summed E-state index contributed by atoms with van der Waals surface area (Å²) in [6, 6.07) is 0. The van der Waals surface area contributed by atoms with E-state index >= 15 is 0 Å². The molecule has 1 heteroatoms. The molecule has 2 rings (SSSR count). The minimum atomic E-state index is 1.20. The molecule has 0 bridgehead atoms. The number of hydrogen-bond donors (Lipinski definition) is 0. The van der Waals surface area contributed by atoms with Gasteiger partial charge in [-0.2, -0.15) is 0 Å². The van der Waals surface area contributed by atoms with E-state index in [0.29, 0.717) is 0 Å². The van der Waals surface area contributed by atoms with Gasteiger partial charge in [0.15, 0.2) is 0 Å². The fourth-order valence-electron chi connectivity index (χ4n) is 2.15. The number of allylic oxidation sites excluding steroid dienone is 2. The van der Waals surface area contributed by atoms with Crippen LogP contribution in [0.2, 0.25) is 0 Å². The minimum absolute atomic E-state index is 1.20. The van der Waals surface area contributed by atoms with E-state index in [2.05, 4.69) is 24.9 Å². The van der Waals surface area contributed by atoms with Crippen LogP contribution in [0.3, 0.4) is 0 Å². The van der Waals surface area contributed by atoms with Crippen molar-refractivity contribution in [3.8, 4) is 0 Å². The maximum atomic E-state index is 4.24. The van der Waals surface area contributed by atoms with Crippen LogP contribution in [-0.4, -0.2) is 4.98 Å². The first kappa shape index (κ1) is 8.49. The van der Waals surface area contributed by atoms with Gasteiger partial charge in [-0.25, -0.2) is 0 Å². The Labute approximate surface area is 79.5 Å². The summed E-state index contributed by atoms with van der Waals surface area (Å²) in [5.74, 6) is 0. The van der Waals surface area contributed by atoms with Gasteiger partial charge in [0.05, 0.1) is 0 Å². The molecule has 1 aliphatic rings. The molecule has 1 aromatic rings. The van der Waals surface area contributed by atoms with Crippen molar-refractivity contribution in [1.82, 2.24) is 4.98 Å². The molecule has 0 fully saturated rings. The van der Waals surface area contributed by atoms with E-state index in [1.165, 1.54) is 41.5 Å². The van der Waals surface area contributed by atoms with Crippen LogP contribution >= 0.6 is 0 Å². The van der Waals surface area contributed by atoms with Gasteiger partial charge in [0.1, 0.15) is 0 Å². The Morgan fingerprint density at radius 2 is 2.15 bits per heavy atom. The highest BCUT2D eigenvalue weighted by Gasteiger charge is 2.14. The molecule has 1 nitrogen and oxygen atoms in total. The number of aromatic nitrogens is 1. The molecule has 0 aliphatic heterocycles. The first-order chi connectivity index (χ1) is 6.33. The zero-order chi connectivity index (χ0) is 9.26. The third-order valence-corrected chi connectivity index (χ3v) is 2.78. The smallest absolute Gasteiger partial charge is 0.0306 e. The van der Waals surface area contributed by atoms with E-state index in [1.54, 1.807) is 0 Å². The quantitative estimate of drug-likeness (QED) is 0.587. The lowest BCUT2D eigenvalue weighted by Gasteiger charge is -2.20. The number of fused-ring (bicyclic) bond motifs is 1. The summed E-state index contributed by atoms with van der Waals surface area (Å²) in [5, 5.41) is 0. The Hall–Kier alpha value is -1.11. The van der Waals surface area contributed by atoms with Gasteiger partial charge < -0.3 is 0 Å². The number of hydrogen-bond acceptors (Lipinski definition) is 1. The second-order valence-corrected chi connectivity index (χ2v) is 3.66. The lowest BCUT2D eigenvalue weighted by atomic mass is 9.86. The zero-order valence-corrected chi connectivity index (χ0v) is 8.30. The molecule has 68 valence electrons. The summed E-state index contributed by atoms with van der Waals surface area (Å²) in [6.45, 7) is 4.28. The standard InChI is InChI=1S/C12H15N/c1-3-10-5-4-6-11-8-13-7-9(2)12(10)11/h3,7-8H,4-6H2,1-2H3/b10-3-. The summed E-state index contributed by atoms with van der Waals surface area (Å²) >= 11 is 0. The normalized spacial score (nSPS) is 18.8. The fourth-order valence-corrected chi connectivity index (χ4v) is 2.15. The fraction of sp³-hybridized carbons (Fsp3) is 0.417. The molecule has 0 atom stereocenters. The Bertz CT molecular complexity index is 350. The Kier molecular flexibility index (Phi) is 2.17. The van der Waals surface area contributed by atoms with Gasteiger partial charge >= 0.3 is 0 Å². The third kappa shape index (κ3) is 1.39. The lowest BCUT2D eigenvalue weighted by molar-refractivity contribution is 0.812. The second kappa shape index (κ2) is 3.33. The molecule has 0 N–H and O–H groups in total. The van der Waals surface area contributed by atoms with Crippen molar-refractivity contribution in [3.63, 3.8) is 0 Å². The molecule has 0 spiro atoms. The SMILES string of the molecule is C/C=C1/CCCc2cncc(C)c21. The molecule has 0 radical (unpaired) electrons. The monoisotopic (exact) mass is 173 g/mol. The predicted molar refractivity (Wildman–Crippen MR) is 55.6 cm³/mol. The van der Waals surface area contributed by atoms with Crippen LogP contribution in [0.5, 0.6) is 0 Å². The number of pyridine rings is 1. The van der Waals surface area contributed by atoms with Gasteiger partial charge in [-0.1, -0.05) is 6.08 Å². The van der Waals surface area contributed by atoms with E-state index < -0.39 is 0 Å². The molecule has 1 aliphatic carbocycles. The first-order valence-corrected chi connectivity index (χ1v) is 4.92. The van der Waals surface area contributed by atoms with Crippen LogP contribution in [0.25, 0.3) is 5.57 Å². The number of aryl methyl sites for hydroxylation is 2. The highest BCUT2D eigenvalue weighted by molar-refractivity contribution is 5.71. The highest BCUT2D eigenvalue weighted by atomic mass is 14.6. The van der Waals surface area contributed by atoms with Crippen molar-refractivity contribution in [2.24, 2.45) is 0 Å². The van der Waals surface area contributed by atoms with Crippen molar-refractivity contribution in [1.29, 1.82) is 0 Å². The lowest BCUT2D eigenvalue weighted by Crippen LogP contribution is -2.04. The average molecular weight is 173 g/mol. The van der Waals surface area contributed by atoms with Crippen LogP contribution in [0.15, 0.2) is 18.5 Å². The van der Waals surface area contributed by atoms with E-state index in [9.17, 15) is 0 Å². The second-order valence-electron chi connectivity index (χ2n) is 3.66. The zero-order valence-electron chi connectivity index (χ0n) is 8.30. The largest absolute Gasteiger partial charge is 0.264 e. The third-order valence-electron chi connectivity index (χ3n) is 2.78. The van der Waals surface area contributed by atoms with Crippen molar-refractivity contribution in [2.45, 2.75) is 33.1 Å². The Balaban J connectivity index is 2.60. The number of nitrogens with zero attached hydrogens (tertiary/aromatic N) is 1. The van der Waals surface area contributed by atoms with E-state index in [4.69, 9.17) is 0 Å². The molecule has 0 saturated heterocycles. The predicted octanol–water partition coefficient (Wildman–Crippen LogP) is 3.13. The molecule has 0 unspecified atom stereocenters. The van der Waals surface area contributed by atoms with Gasteiger partial charge in [0.25, 0.3) is 0 Å². The van der Waals surface area contributed by atoms with Crippen LogP contribution in [0.4, 0.5) is 0 Å². The minimum Gasteiger partial charge on any atom is -0.264 e. The molecule has 1 heterocycles. The Morgan fingerprint density at radius 1 is 1.31 bits per heavy atom. The van der Waals surface area contributed by atoms with E-state index in [-0.39, 0.29) is 0 Å². The molecule has 1 aromatic heterocycles. The molecular formula is C12H15N. The summed E-state index contributed by atoms with van der Waals surface area (Å²) in [6.07, 6.45) is 9.93. The van der Waals surface area contributed by atoms with Gasteiger partial charge in [-0.05, 0) is 55.4 Å². The van der Waals surface area contributed by atoms with Crippen molar-refractivity contribution in [2.75, 3.05) is 0 Å². The molecular weight excluding hydrogens is 158 g/mol. The summed E-state index contributed by atoms with van der Waals surface area (Å²) in [7, 11) is 0. The molecule has 0 amide bonds. The van der Waals surface area contributed by atoms with E-state index in [1.807, 2.05) is 12.4 Å². The van der Waals surface area contributed by atoms with Crippen LogP contribution in [0, 0.1) is 6.92 Å². The maximum absolute atomic E-state index is 4.24. The van der Waals surface area contributed by atoms with Crippen LogP contribution < -0.4 is 0 Å². The van der Waals surface area contributed by atoms with Gasteiger partial charge in [0.2, 0.25) is 0 Å². The number of rotatable bonds is 0. The van der Waals surface area contributed by atoms with Crippen molar-refractivity contribution in [3.05, 3.63) is 35.2 Å². The topological polar surface area (TPSA) is 12.9 Å². The van der Waals surface area contributed by atoms with Crippen LogP contribution in [0.1, 0.15) is 36.5 Å². The van der Waals surface area contributed by atoms with Crippen molar-refractivity contribution < 1.29 is 0 Å². The van der Waals surface area contributed by atoms with E-state index in [0.717, 1.165) is 0 Å². The first-order valence-electron chi connectivity index (χ1n) is 4.92.